The summed E-state index contributed by atoms with van der Waals surface area (Å²) in [5, 5.41) is 0.658. The molecule has 126 valence electrons. The smallest absolute Gasteiger partial charge is 0.233 e. The summed E-state index contributed by atoms with van der Waals surface area (Å²) in [6, 6.07) is 12.0. The third-order valence-corrected chi connectivity index (χ3v) is 4.75. The summed E-state index contributed by atoms with van der Waals surface area (Å²) in [6.45, 7) is 5.62. The van der Waals surface area contributed by atoms with Gasteiger partial charge in [0.05, 0.1) is 25.0 Å². The van der Waals surface area contributed by atoms with Crippen LogP contribution in [0.25, 0.3) is 0 Å². The highest BCUT2D eigenvalue weighted by molar-refractivity contribution is 7.99. The van der Waals surface area contributed by atoms with Crippen LogP contribution in [-0.4, -0.2) is 46.3 Å². The molecule has 0 saturated carbocycles. The minimum absolute atomic E-state index is 0.0202. The fourth-order valence-corrected chi connectivity index (χ4v) is 3.66. The molecule has 0 aliphatic carbocycles. The van der Waals surface area contributed by atoms with Gasteiger partial charge in [-0.1, -0.05) is 42.1 Å². The molecule has 1 saturated heterocycles. The molecule has 1 aliphatic heterocycles. The molecule has 2 heterocycles. The van der Waals surface area contributed by atoms with Crippen molar-refractivity contribution in [3.8, 4) is 0 Å². The lowest BCUT2D eigenvalue weighted by Gasteiger charge is -2.36. The molecule has 0 spiro atoms. The van der Waals surface area contributed by atoms with Crippen LogP contribution in [0.2, 0.25) is 0 Å². The number of hydrogen-bond donors (Lipinski definition) is 0. The van der Waals surface area contributed by atoms with Crippen molar-refractivity contribution in [1.82, 2.24) is 14.9 Å². The SMILES string of the molecule is Cc1cc(C)nc(SCC(=O)N2CCOC[C@@H]2c2ccccc2)n1. The Morgan fingerprint density at radius 2 is 1.96 bits per heavy atom. The van der Waals surface area contributed by atoms with E-state index in [2.05, 4.69) is 9.97 Å². The number of benzene rings is 1. The molecule has 24 heavy (non-hydrogen) atoms. The molecule has 1 fully saturated rings. The van der Waals surface area contributed by atoms with Gasteiger partial charge in [-0.3, -0.25) is 4.79 Å². The van der Waals surface area contributed by atoms with Crippen molar-refractivity contribution < 1.29 is 9.53 Å². The second-order valence-electron chi connectivity index (χ2n) is 5.81. The number of carbonyl (C=O) groups is 1. The highest BCUT2D eigenvalue weighted by Gasteiger charge is 2.28. The first-order valence-electron chi connectivity index (χ1n) is 8.01. The number of carbonyl (C=O) groups excluding carboxylic acids is 1. The summed E-state index contributed by atoms with van der Waals surface area (Å²) < 4.78 is 5.59. The largest absolute Gasteiger partial charge is 0.377 e. The van der Waals surface area contributed by atoms with Gasteiger partial charge in [0.15, 0.2) is 5.16 Å². The lowest BCUT2D eigenvalue weighted by Crippen LogP contribution is -2.44. The van der Waals surface area contributed by atoms with Crippen molar-refractivity contribution in [1.29, 1.82) is 0 Å². The zero-order valence-electron chi connectivity index (χ0n) is 13.9. The van der Waals surface area contributed by atoms with E-state index in [1.807, 2.05) is 55.1 Å². The van der Waals surface area contributed by atoms with Crippen LogP contribution < -0.4 is 0 Å². The summed E-state index contributed by atoms with van der Waals surface area (Å²) in [5.74, 6) is 0.437. The molecule has 0 radical (unpaired) electrons. The van der Waals surface area contributed by atoms with Crippen LogP contribution in [0, 0.1) is 13.8 Å². The van der Waals surface area contributed by atoms with Crippen LogP contribution in [-0.2, 0) is 9.53 Å². The van der Waals surface area contributed by atoms with Crippen molar-refractivity contribution in [3.05, 3.63) is 53.3 Å². The van der Waals surface area contributed by atoms with Crippen molar-refractivity contribution in [3.63, 3.8) is 0 Å². The zero-order valence-corrected chi connectivity index (χ0v) is 14.8. The molecule has 1 amide bonds. The van der Waals surface area contributed by atoms with Crippen molar-refractivity contribution >= 4 is 17.7 Å². The monoisotopic (exact) mass is 343 g/mol. The summed E-state index contributed by atoms with van der Waals surface area (Å²) in [5.41, 5.74) is 2.95. The number of hydrogen-bond acceptors (Lipinski definition) is 5. The Kier molecular flexibility index (Phi) is 5.48. The van der Waals surface area contributed by atoms with E-state index in [1.165, 1.54) is 11.8 Å². The van der Waals surface area contributed by atoms with Gasteiger partial charge in [-0.05, 0) is 25.5 Å². The van der Waals surface area contributed by atoms with E-state index in [4.69, 9.17) is 4.74 Å². The Hall–Kier alpha value is -1.92. The Bertz CT molecular complexity index is 688. The maximum atomic E-state index is 12.7. The standard InChI is InChI=1S/C18H21N3O2S/c1-13-10-14(2)20-18(19-13)24-12-17(22)21-8-9-23-11-16(21)15-6-4-3-5-7-15/h3-7,10,16H,8-9,11-12H2,1-2H3/t16-/m1/s1. The van der Waals surface area contributed by atoms with E-state index in [0.717, 1.165) is 17.0 Å². The van der Waals surface area contributed by atoms with Crippen LogP contribution in [0.4, 0.5) is 0 Å². The highest BCUT2D eigenvalue weighted by atomic mass is 32.2. The van der Waals surface area contributed by atoms with Gasteiger partial charge in [-0.2, -0.15) is 0 Å². The van der Waals surface area contributed by atoms with Crippen molar-refractivity contribution in [2.45, 2.75) is 25.0 Å². The number of nitrogens with zero attached hydrogens (tertiary/aromatic N) is 3. The third kappa shape index (κ3) is 4.13. The zero-order chi connectivity index (χ0) is 16.9. The van der Waals surface area contributed by atoms with Crippen molar-refractivity contribution in [2.75, 3.05) is 25.5 Å². The maximum Gasteiger partial charge on any atom is 0.233 e. The van der Waals surface area contributed by atoms with E-state index >= 15 is 0 Å². The van der Waals surface area contributed by atoms with Gasteiger partial charge < -0.3 is 9.64 Å². The molecule has 1 aliphatic rings. The fourth-order valence-electron chi connectivity index (χ4n) is 2.82. The van der Waals surface area contributed by atoms with Gasteiger partial charge in [0.25, 0.3) is 0 Å². The number of aromatic nitrogens is 2. The number of rotatable bonds is 4. The van der Waals surface area contributed by atoms with Crippen LogP contribution in [0.3, 0.4) is 0 Å². The molecule has 1 atom stereocenters. The van der Waals surface area contributed by atoms with E-state index in [-0.39, 0.29) is 11.9 Å². The van der Waals surface area contributed by atoms with Gasteiger partial charge in [0.1, 0.15) is 0 Å². The topological polar surface area (TPSA) is 55.3 Å². The Balaban J connectivity index is 1.68. The number of ether oxygens (including phenoxy) is 1. The lowest BCUT2D eigenvalue weighted by molar-refractivity contribution is -0.137. The predicted molar refractivity (Wildman–Crippen MR) is 93.9 cm³/mol. The molecule has 6 heteroatoms. The van der Waals surface area contributed by atoms with Gasteiger partial charge in [-0.25, -0.2) is 9.97 Å². The Morgan fingerprint density at radius 3 is 2.67 bits per heavy atom. The summed E-state index contributed by atoms with van der Waals surface area (Å²) in [4.78, 5) is 23.4. The highest BCUT2D eigenvalue weighted by Crippen LogP contribution is 2.25. The summed E-state index contributed by atoms with van der Waals surface area (Å²) >= 11 is 1.39. The normalized spacial score (nSPS) is 17.8. The first-order valence-corrected chi connectivity index (χ1v) is 8.99. The van der Waals surface area contributed by atoms with Crippen LogP contribution in [0.1, 0.15) is 23.0 Å². The average molecular weight is 343 g/mol. The summed E-state index contributed by atoms with van der Waals surface area (Å²) in [7, 11) is 0. The molecular weight excluding hydrogens is 322 g/mol. The van der Waals surface area contributed by atoms with Gasteiger partial charge in [-0.15, -0.1) is 0 Å². The van der Waals surface area contributed by atoms with E-state index in [9.17, 15) is 4.79 Å². The van der Waals surface area contributed by atoms with Gasteiger partial charge >= 0.3 is 0 Å². The lowest BCUT2D eigenvalue weighted by atomic mass is 10.1. The molecular formula is C18H21N3O2S. The summed E-state index contributed by atoms with van der Waals surface area (Å²) in [6.07, 6.45) is 0. The van der Waals surface area contributed by atoms with Gasteiger partial charge in [0, 0.05) is 17.9 Å². The molecule has 0 N–H and O–H groups in total. The van der Waals surface area contributed by atoms with E-state index < -0.39 is 0 Å². The van der Waals surface area contributed by atoms with Crippen molar-refractivity contribution in [2.24, 2.45) is 0 Å². The number of thioether (sulfide) groups is 1. The predicted octanol–water partition coefficient (Wildman–Crippen LogP) is 2.79. The molecule has 1 aromatic heterocycles. The quantitative estimate of drug-likeness (QED) is 0.631. The van der Waals surface area contributed by atoms with Crippen LogP contribution >= 0.6 is 11.8 Å². The maximum absolute atomic E-state index is 12.7. The van der Waals surface area contributed by atoms with Crippen LogP contribution in [0.15, 0.2) is 41.6 Å². The molecule has 5 nitrogen and oxygen atoms in total. The molecule has 1 aromatic carbocycles. The third-order valence-electron chi connectivity index (χ3n) is 3.92. The average Bonchev–Trinajstić information content (AvgIpc) is 2.60. The number of aryl methyl sites for hydroxylation is 2. The Labute approximate surface area is 146 Å². The van der Waals surface area contributed by atoms with Gasteiger partial charge in [0.2, 0.25) is 5.91 Å². The second kappa shape index (κ2) is 7.77. The van der Waals surface area contributed by atoms with E-state index in [1.54, 1.807) is 0 Å². The molecule has 2 aromatic rings. The molecule has 0 unspecified atom stereocenters. The Morgan fingerprint density at radius 1 is 1.25 bits per heavy atom. The van der Waals surface area contributed by atoms with E-state index in [0.29, 0.717) is 30.7 Å². The second-order valence-corrected chi connectivity index (χ2v) is 6.75. The fraction of sp³-hybridized carbons (Fsp3) is 0.389. The van der Waals surface area contributed by atoms with Crippen LogP contribution in [0.5, 0.6) is 0 Å². The minimum atomic E-state index is -0.0202. The first kappa shape index (κ1) is 16.9. The minimum Gasteiger partial charge on any atom is -0.377 e. The molecule has 3 rings (SSSR count). The molecule has 0 bridgehead atoms. The number of amides is 1. The first-order chi connectivity index (χ1) is 11.6. The number of morpholine rings is 1.